The summed E-state index contributed by atoms with van der Waals surface area (Å²) in [6, 6.07) is 16.0. The van der Waals surface area contributed by atoms with Gasteiger partial charge in [0.15, 0.2) is 0 Å². The standard InChI is InChI=1S/C22H16F3N3O2S/c23-22(24,25)31-18-8-6-17(7-9-18)28-20(29)14-27(21(28)30)13-16-10-11-26-12-19(16)15-4-2-1-3-5-15/h1-12H,13-14H2. The average Bonchev–Trinajstić information content (AvgIpc) is 3.02. The maximum absolute atomic E-state index is 12.9. The van der Waals surface area contributed by atoms with Crippen molar-refractivity contribution in [3.05, 3.63) is 78.6 Å². The van der Waals surface area contributed by atoms with E-state index in [0.29, 0.717) is 0 Å². The normalized spacial score (nSPS) is 14.4. The Labute approximate surface area is 180 Å². The Morgan fingerprint density at radius 1 is 0.968 bits per heavy atom. The topological polar surface area (TPSA) is 53.5 Å². The molecule has 1 aliphatic heterocycles. The molecule has 0 N–H and O–H groups in total. The molecule has 1 saturated heterocycles. The third-order valence-electron chi connectivity index (χ3n) is 4.72. The number of urea groups is 1. The molecule has 4 rings (SSSR count). The number of imide groups is 1. The molecule has 3 aromatic rings. The van der Waals surface area contributed by atoms with E-state index < -0.39 is 17.4 Å². The Hall–Kier alpha value is -3.33. The zero-order valence-corrected chi connectivity index (χ0v) is 16.9. The van der Waals surface area contributed by atoms with Crippen molar-refractivity contribution >= 4 is 29.4 Å². The number of halogens is 3. The smallest absolute Gasteiger partial charge is 0.310 e. The molecule has 5 nitrogen and oxygen atoms in total. The van der Waals surface area contributed by atoms with E-state index in [1.807, 2.05) is 30.3 Å². The molecule has 158 valence electrons. The van der Waals surface area contributed by atoms with Gasteiger partial charge in [-0.25, -0.2) is 9.69 Å². The second-order valence-electron chi connectivity index (χ2n) is 6.81. The number of nitrogens with zero attached hydrogens (tertiary/aromatic N) is 3. The number of hydrogen-bond donors (Lipinski definition) is 0. The molecule has 0 unspecified atom stereocenters. The minimum absolute atomic E-state index is 0.0171. The lowest BCUT2D eigenvalue weighted by molar-refractivity contribution is -0.116. The number of aromatic nitrogens is 1. The molecule has 0 radical (unpaired) electrons. The lowest BCUT2D eigenvalue weighted by atomic mass is 10.0. The molecular formula is C22H16F3N3O2S. The Morgan fingerprint density at radius 3 is 2.35 bits per heavy atom. The Morgan fingerprint density at radius 2 is 1.68 bits per heavy atom. The van der Waals surface area contributed by atoms with Crippen LogP contribution in [0.5, 0.6) is 0 Å². The van der Waals surface area contributed by atoms with Crippen LogP contribution in [0.4, 0.5) is 23.7 Å². The molecule has 0 aliphatic carbocycles. The maximum atomic E-state index is 12.9. The highest BCUT2D eigenvalue weighted by Crippen LogP contribution is 2.37. The number of anilines is 1. The van der Waals surface area contributed by atoms with E-state index >= 15 is 0 Å². The van der Waals surface area contributed by atoms with E-state index in [0.717, 1.165) is 21.6 Å². The number of carbonyl (C=O) groups excluding carboxylic acids is 2. The lowest BCUT2D eigenvalue weighted by Crippen LogP contribution is -2.32. The van der Waals surface area contributed by atoms with E-state index in [1.165, 1.54) is 29.2 Å². The molecule has 1 aliphatic rings. The largest absolute Gasteiger partial charge is 0.446 e. The molecule has 1 aromatic heterocycles. The zero-order chi connectivity index (χ0) is 22.0. The lowest BCUT2D eigenvalue weighted by Gasteiger charge is -2.19. The summed E-state index contributed by atoms with van der Waals surface area (Å²) in [5.74, 6) is -0.434. The predicted octanol–water partition coefficient (Wildman–Crippen LogP) is 5.33. The number of alkyl halides is 3. The molecule has 0 bridgehead atoms. The molecular weight excluding hydrogens is 427 g/mol. The van der Waals surface area contributed by atoms with Crippen LogP contribution in [0.25, 0.3) is 11.1 Å². The van der Waals surface area contributed by atoms with Crippen LogP contribution in [0, 0.1) is 0 Å². The first-order valence-corrected chi connectivity index (χ1v) is 10.1. The third kappa shape index (κ3) is 4.72. The first-order chi connectivity index (χ1) is 14.8. The summed E-state index contributed by atoms with van der Waals surface area (Å²) in [6.45, 7) is 0.0876. The summed E-state index contributed by atoms with van der Waals surface area (Å²) in [4.78, 5) is 32.0. The van der Waals surface area contributed by atoms with Crippen molar-refractivity contribution in [3.8, 4) is 11.1 Å². The summed E-state index contributed by atoms with van der Waals surface area (Å²) in [6.07, 6.45) is 3.33. The number of amides is 3. The molecule has 3 amide bonds. The van der Waals surface area contributed by atoms with Crippen molar-refractivity contribution < 1.29 is 22.8 Å². The van der Waals surface area contributed by atoms with Crippen molar-refractivity contribution in [2.24, 2.45) is 0 Å². The molecule has 2 aromatic carbocycles. The second kappa shape index (κ2) is 8.43. The second-order valence-corrected chi connectivity index (χ2v) is 7.95. The highest BCUT2D eigenvalue weighted by Gasteiger charge is 2.37. The molecule has 1 fully saturated rings. The highest BCUT2D eigenvalue weighted by molar-refractivity contribution is 8.00. The van der Waals surface area contributed by atoms with Gasteiger partial charge in [-0.2, -0.15) is 13.2 Å². The van der Waals surface area contributed by atoms with Crippen molar-refractivity contribution in [1.29, 1.82) is 0 Å². The Kier molecular flexibility index (Phi) is 5.69. The molecule has 31 heavy (non-hydrogen) atoms. The maximum Gasteiger partial charge on any atom is 0.446 e. The monoisotopic (exact) mass is 443 g/mol. The van der Waals surface area contributed by atoms with Gasteiger partial charge in [-0.05, 0) is 53.2 Å². The summed E-state index contributed by atoms with van der Waals surface area (Å²) in [5.41, 5.74) is -1.53. The summed E-state index contributed by atoms with van der Waals surface area (Å²) in [7, 11) is 0. The fourth-order valence-corrected chi connectivity index (χ4v) is 3.91. The molecule has 0 saturated carbocycles. The van der Waals surface area contributed by atoms with Crippen molar-refractivity contribution in [1.82, 2.24) is 9.88 Å². The van der Waals surface area contributed by atoms with Gasteiger partial charge in [0.05, 0.1) is 5.69 Å². The van der Waals surface area contributed by atoms with E-state index in [4.69, 9.17) is 0 Å². The fraction of sp³-hybridized carbons (Fsp3) is 0.136. The number of rotatable bonds is 5. The highest BCUT2D eigenvalue weighted by atomic mass is 32.2. The zero-order valence-electron chi connectivity index (χ0n) is 16.0. The van der Waals surface area contributed by atoms with Gasteiger partial charge in [-0.15, -0.1) is 0 Å². The van der Waals surface area contributed by atoms with Gasteiger partial charge in [0.1, 0.15) is 6.54 Å². The summed E-state index contributed by atoms with van der Waals surface area (Å²) in [5, 5.41) is 0. The van der Waals surface area contributed by atoms with Crippen molar-refractivity contribution in [2.75, 3.05) is 11.4 Å². The van der Waals surface area contributed by atoms with Gasteiger partial charge in [-0.3, -0.25) is 9.78 Å². The first kappa shape index (κ1) is 20.9. The number of thioether (sulfide) groups is 1. The van der Waals surface area contributed by atoms with Crippen LogP contribution in [-0.4, -0.2) is 33.9 Å². The van der Waals surface area contributed by atoms with Gasteiger partial charge in [0.25, 0.3) is 5.91 Å². The Balaban J connectivity index is 1.54. The van der Waals surface area contributed by atoms with Gasteiger partial charge in [0, 0.05) is 29.4 Å². The van der Waals surface area contributed by atoms with Crippen LogP contribution >= 0.6 is 11.8 Å². The number of pyridine rings is 1. The van der Waals surface area contributed by atoms with Gasteiger partial charge < -0.3 is 4.90 Å². The van der Waals surface area contributed by atoms with E-state index in [2.05, 4.69) is 4.98 Å². The number of hydrogen-bond acceptors (Lipinski definition) is 4. The third-order valence-corrected chi connectivity index (χ3v) is 5.46. The van der Waals surface area contributed by atoms with Gasteiger partial charge in [-0.1, -0.05) is 30.3 Å². The first-order valence-electron chi connectivity index (χ1n) is 9.28. The van der Waals surface area contributed by atoms with Crippen molar-refractivity contribution in [2.45, 2.75) is 16.9 Å². The minimum Gasteiger partial charge on any atom is -0.310 e. The average molecular weight is 443 g/mol. The molecule has 2 heterocycles. The van der Waals surface area contributed by atoms with Crippen LogP contribution in [0.3, 0.4) is 0 Å². The van der Waals surface area contributed by atoms with Crippen LogP contribution in [0.1, 0.15) is 5.56 Å². The van der Waals surface area contributed by atoms with Crippen molar-refractivity contribution in [3.63, 3.8) is 0 Å². The predicted molar refractivity (Wildman–Crippen MR) is 111 cm³/mol. The van der Waals surface area contributed by atoms with E-state index in [9.17, 15) is 22.8 Å². The Bertz CT molecular complexity index is 1100. The minimum atomic E-state index is -4.40. The van der Waals surface area contributed by atoms with Crippen LogP contribution < -0.4 is 4.90 Å². The van der Waals surface area contributed by atoms with Crippen LogP contribution in [0.2, 0.25) is 0 Å². The molecule has 9 heteroatoms. The van der Waals surface area contributed by atoms with Gasteiger partial charge >= 0.3 is 11.5 Å². The van der Waals surface area contributed by atoms with Crippen LogP contribution in [-0.2, 0) is 11.3 Å². The van der Waals surface area contributed by atoms with Gasteiger partial charge in [0.2, 0.25) is 0 Å². The van der Waals surface area contributed by atoms with Crippen LogP contribution in [0.15, 0.2) is 78.0 Å². The quantitative estimate of drug-likeness (QED) is 0.395. The number of carbonyl (C=O) groups is 2. The summed E-state index contributed by atoms with van der Waals surface area (Å²) < 4.78 is 37.5. The van der Waals surface area contributed by atoms with E-state index in [1.54, 1.807) is 18.5 Å². The summed E-state index contributed by atoms with van der Waals surface area (Å²) >= 11 is -0.249. The fourth-order valence-electron chi connectivity index (χ4n) is 3.37. The SMILES string of the molecule is O=C1CN(Cc2ccncc2-c2ccccc2)C(=O)N1c1ccc(SC(F)(F)F)cc1. The number of benzene rings is 2. The molecule has 0 atom stereocenters. The molecule has 0 spiro atoms. The van der Waals surface area contributed by atoms with E-state index in [-0.39, 0.29) is 35.4 Å².